The van der Waals surface area contributed by atoms with Crippen LogP contribution in [0.4, 0.5) is 0 Å². The lowest BCUT2D eigenvalue weighted by molar-refractivity contribution is 0.287. The molecule has 2 N–H and O–H groups in total. The lowest BCUT2D eigenvalue weighted by Crippen LogP contribution is -2.19. The summed E-state index contributed by atoms with van der Waals surface area (Å²) in [4.78, 5) is 0. The van der Waals surface area contributed by atoms with Crippen molar-refractivity contribution in [1.82, 2.24) is 0 Å². The highest BCUT2D eigenvalue weighted by Gasteiger charge is 2.11. The summed E-state index contributed by atoms with van der Waals surface area (Å²) in [6, 6.07) is 11.8. The molecule has 0 amide bonds. The largest absolute Gasteiger partial charge is 0.497 e. The van der Waals surface area contributed by atoms with Gasteiger partial charge in [-0.05, 0) is 55.2 Å². The normalized spacial score (nSPS) is 12.0. The number of hydrogen-bond acceptors (Lipinski definition) is 3. The molecule has 3 nitrogen and oxygen atoms in total. The molecular weight excluding hydrogens is 262 g/mol. The smallest absolute Gasteiger partial charge is 0.125 e. The number of aryl methyl sites for hydroxylation is 2. The fraction of sp³-hybridized carbons (Fsp3) is 0.333. The third-order valence-corrected chi connectivity index (χ3v) is 3.82. The minimum absolute atomic E-state index is 0.157. The van der Waals surface area contributed by atoms with E-state index in [9.17, 15) is 0 Å². The molecule has 0 saturated carbocycles. The molecule has 0 aromatic heterocycles. The SMILES string of the molecule is COc1ccc(C(N)COc2c(C)ccc(C)c2C)cc1. The van der Waals surface area contributed by atoms with Crippen LogP contribution in [0.5, 0.6) is 11.5 Å². The second kappa shape index (κ2) is 6.64. The van der Waals surface area contributed by atoms with Crippen molar-refractivity contribution in [2.75, 3.05) is 13.7 Å². The molecule has 3 heteroatoms. The molecule has 0 bridgehead atoms. The van der Waals surface area contributed by atoms with E-state index in [-0.39, 0.29) is 6.04 Å². The molecule has 2 rings (SSSR count). The number of hydrogen-bond donors (Lipinski definition) is 1. The average Bonchev–Trinajstić information content (AvgIpc) is 2.51. The van der Waals surface area contributed by atoms with E-state index in [0.717, 1.165) is 22.6 Å². The fourth-order valence-electron chi connectivity index (χ4n) is 2.27. The van der Waals surface area contributed by atoms with Gasteiger partial charge in [0.25, 0.3) is 0 Å². The molecule has 0 saturated heterocycles. The molecule has 112 valence electrons. The van der Waals surface area contributed by atoms with Gasteiger partial charge in [0.05, 0.1) is 13.2 Å². The van der Waals surface area contributed by atoms with Gasteiger partial charge in [-0.1, -0.05) is 24.3 Å². The highest BCUT2D eigenvalue weighted by molar-refractivity contribution is 5.44. The van der Waals surface area contributed by atoms with Crippen molar-refractivity contribution >= 4 is 0 Å². The monoisotopic (exact) mass is 285 g/mol. The Morgan fingerprint density at radius 1 is 0.952 bits per heavy atom. The molecule has 2 aromatic rings. The minimum Gasteiger partial charge on any atom is -0.497 e. The molecule has 0 fully saturated rings. The number of nitrogens with two attached hydrogens (primary N) is 1. The molecule has 0 aliphatic carbocycles. The summed E-state index contributed by atoms with van der Waals surface area (Å²) < 4.78 is 11.1. The van der Waals surface area contributed by atoms with E-state index in [4.69, 9.17) is 15.2 Å². The first-order valence-electron chi connectivity index (χ1n) is 7.12. The molecule has 2 aromatic carbocycles. The Hall–Kier alpha value is -2.00. The summed E-state index contributed by atoms with van der Waals surface area (Å²) in [6.07, 6.45) is 0. The van der Waals surface area contributed by atoms with Crippen molar-refractivity contribution in [1.29, 1.82) is 0 Å². The Kier molecular flexibility index (Phi) is 4.86. The van der Waals surface area contributed by atoms with Crippen LogP contribution in [0.3, 0.4) is 0 Å². The molecule has 0 spiro atoms. The number of rotatable bonds is 5. The Morgan fingerprint density at radius 2 is 1.57 bits per heavy atom. The summed E-state index contributed by atoms with van der Waals surface area (Å²) in [5.41, 5.74) is 10.8. The van der Waals surface area contributed by atoms with Crippen LogP contribution in [0.15, 0.2) is 36.4 Å². The van der Waals surface area contributed by atoms with E-state index in [1.165, 1.54) is 11.1 Å². The van der Waals surface area contributed by atoms with Crippen molar-refractivity contribution in [2.24, 2.45) is 5.73 Å². The Balaban J connectivity index is 2.07. The summed E-state index contributed by atoms with van der Waals surface area (Å²) in [7, 11) is 1.65. The maximum Gasteiger partial charge on any atom is 0.125 e. The third kappa shape index (κ3) is 3.56. The van der Waals surface area contributed by atoms with Crippen molar-refractivity contribution in [3.05, 3.63) is 58.7 Å². The van der Waals surface area contributed by atoms with Crippen molar-refractivity contribution < 1.29 is 9.47 Å². The van der Waals surface area contributed by atoms with Crippen LogP contribution >= 0.6 is 0 Å². The standard InChI is InChI=1S/C18H23NO2/c1-12-5-6-13(2)18(14(12)3)21-11-17(19)15-7-9-16(20-4)10-8-15/h5-10,17H,11,19H2,1-4H3. The van der Waals surface area contributed by atoms with Crippen LogP contribution in [0.1, 0.15) is 28.3 Å². The van der Waals surface area contributed by atoms with Crippen molar-refractivity contribution in [3.8, 4) is 11.5 Å². The fourth-order valence-corrected chi connectivity index (χ4v) is 2.27. The van der Waals surface area contributed by atoms with Crippen LogP contribution in [0.2, 0.25) is 0 Å². The summed E-state index contributed by atoms with van der Waals surface area (Å²) >= 11 is 0. The second-order valence-electron chi connectivity index (χ2n) is 5.34. The van der Waals surface area contributed by atoms with E-state index in [1.54, 1.807) is 7.11 Å². The molecule has 1 unspecified atom stereocenters. The molecule has 1 atom stereocenters. The van der Waals surface area contributed by atoms with Crippen LogP contribution in [-0.2, 0) is 0 Å². The minimum atomic E-state index is -0.157. The molecule has 21 heavy (non-hydrogen) atoms. The van der Waals surface area contributed by atoms with Gasteiger partial charge in [0.2, 0.25) is 0 Å². The van der Waals surface area contributed by atoms with Gasteiger partial charge in [0.15, 0.2) is 0 Å². The zero-order valence-electron chi connectivity index (χ0n) is 13.1. The lowest BCUT2D eigenvalue weighted by atomic mass is 10.0. The summed E-state index contributed by atoms with van der Waals surface area (Å²) in [6.45, 7) is 6.68. The van der Waals surface area contributed by atoms with Crippen LogP contribution in [-0.4, -0.2) is 13.7 Å². The average molecular weight is 285 g/mol. The van der Waals surface area contributed by atoms with Gasteiger partial charge < -0.3 is 15.2 Å². The predicted octanol–water partition coefficient (Wildman–Crippen LogP) is 3.70. The van der Waals surface area contributed by atoms with Crippen LogP contribution < -0.4 is 15.2 Å². The van der Waals surface area contributed by atoms with Gasteiger partial charge in [-0.2, -0.15) is 0 Å². The Labute approximate surface area is 126 Å². The Bertz CT molecular complexity index is 605. The van der Waals surface area contributed by atoms with Crippen LogP contribution in [0, 0.1) is 20.8 Å². The lowest BCUT2D eigenvalue weighted by Gasteiger charge is -2.18. The first-order chi connectivity index (χ1) is 10.0. The maximum atomic E-state index is 6.21. The van der Waals surface area contributed by atoms with Crippen molar-refractivity contribution in [2.45, 2.75) is 26.8 Å². The second-order valence-corrected chi connectivity index (χ2v) is 5.34. The number of ether oxygens (including phenoxy) is 2. The first kappa shape index (κ1) is 15.4. The van der Waals surface area contributed by atoms with Gasteiger partial charge in [-0.15, -0.1) is 0 Å². The van der Waals surface area contributed by atoms with Gasteiger partial charge in [0.1, 0.15) is 18.1 Å². The van der Waals surface area contributed by atoms with E-state index in [0.29, 0.717) is 6.61 Å². The predicted molar refractivity (Wildman–Crippen MR) is 86.1 cm³/mol. The molecule has 0 aliphatic rings. The molecular formula is C18H23NO2. The van der Waals surface area contributed by atoms with Gasteiger partial charge in [-0.25, -0.2) is 0 Å². The van der Waals surface area contributed by atoms with Gasteiger partial charge in [-0.3, -0.25) is 0 Å². The van der Waals surface area contributed by atoms with E-state index in [1.807, 2.05) is 24.3 Å². The zero-order valence-corrected chi connectivity index (χ0v) is 13.1. The summed E-state index contributed by atoms with van der Waals surface area (Å²) in [5.74, 6) is 1.77. The topological polar surface area (TPSA) is 44.5 Å². The summed E-state index contributed by atoms with van der Waals surface area (Å²) in [5, 5.41) is 0. The first-order valence-corrected chi connectivity index (χ1v) is 7.12. The van der Waals surface area contributed by atoms with Crippen LogP contribution in [0.25, 0.3) is 0 Å². The van der Waals surface area contributed by atoms with Crippen molar-refractivity contribution in [3.63, 3.8) is 0 Å². The van der Waals surface area contributed by atoms with E-state index >= 15 is 0 Å². The molecule has 0 radical (unpaired) electrons. The highest BCUT2D eigenvalue weighted by atomic mass is 16.5. The van der Waals surface area contributed by atoms with Gasteiger partial charge >= 0.3 is 0 Å². The third-order valence-electron chi connectivity index (χ3n) is 3.82. The van der Waals surface area contributed by atoms with E-state index in [2.05, 4.69) is 32.9 Å². The van der Waals surface area contributed by atoms with E-state index < -0.39 is 0 Å². The number of methoxy groups -OCH3 is 1. The Morgan fingerprint density at radius 3 is 2.19 bits per heavy atom. The number of benzene rings is 2. The maximum absolute atomic E-state index is 6.21. The zero-order chi connectivity index (χ0) is 15.4. The highest BCUT2D eigenvalue weighted by Crippen LogP contribution is 2.26. The van der Waals surface area contributed by atoms with Gasteiger partial charge in [0, 0.05) is 0 Å². The quantitative estimate of drug-likeness (QED) is 0.911. The molecule has 0 heterocycles. The molecule has 0 aliphatic heterocycles.